The van der Waals surface area contributed by atoms with Crippen molar-refractivity contribution in [3.05, 3.63) is 35.1 Å². The Hall–Kier alpha value is -0.900. The largest absolute Gasteiger partial charge is 0.207 e. The standard InChI is InChI=1S/C10H9F3S/c11-7-5-9(12)8(10(13)6-7)3-1-2-4-14/h4-6H,1-3H2. The summed E-state index contributed by atoms with van der Waals surface area (Å²) in [4.78, 5) is 0. The molecular weight excluding hydrogens is 209 g/mol. The van der Waals surface area contributed by atoms with Crippen LogP contribution >= 0.6 is 12.2 Å². The molecule has 1 aromatic carbocycles. The van der Waals surface area contributed by atoms with Crippen LogP contribution in [0.2, 0.25) is 0 Å². The second-order valence-corrected chi connectivity index (χ2v) is 3.24. The molecule has 0 aromatic heterocycles. The summed E-state index contributed by atoms with van der Waals surface area (Å²) in [5, 5.41) is 1.51. The van der Waals surface area contributed by atoms with Gasteiger partial charge in [-0.15, -0.1) is 0 Å². The van der Waals surface area contributed by atoms with Gasteiger partial charge in [0.05, 0.1) is 0 Å². The summed E-state index contributed by atoms with van der Waals surface area (Å²) < 4.78 is 38.5. The second kappa shape index (κ2) is 5.10. The van der Waals surface area contributed by atoms with Crippen LogP contribution in [0.4, 0.5) is 13.2 Å². The summed E-state index contributed by atoms with van der Waals surface area (Å²) in [6.45, 7) is 0. The Morgan fingerprint density at radius 1 is 1.14 bits per heavy atom. The molecule has 0 N–H and O–H groups in total. The van der Waals surface area contributed by atoms with Gasteiger partial charge in [-0.2, -0.15) is 0 Å². The molecule has 0 saturated heterocycles. The molecule has 0 heterocycles. The smallest absolute Gasteiger partial charge is 0.132 e. The minimum Gasteiger partial charge on any atom is -0.207 e. The number of thiocarbonyl (C=S) groups is 1. The van der Waals surface area contributed by atoms with Crippen molar-refractivity contribution in [2.45, 2.75) is 19.3 Å². The van der Waals surface area contributed by atoms with Crippen molar-refractivity contribution in [2.24, 2.45) is 0 Å². The summed E-state index contributed by atoms with van der Waals surface area (Å²) in [5.41, 5.74) is -0.0664. The fraction of sp³-hybridized carbons (Fsp3) is 0.300. The van der Waals surface area contributed by atoms with Crippen LogP contribution in [0.25, 0.3) is 0 Å². The van der Waals surface area contributed by atoms with Crippen LogP contribution < -0.4 is 0 Å². The molecule has 0 amide bonds. The van der Waals surface area contributed by atoms with E-state index in [2.05, 4.69) is 12.2 Å². The third-order valence-corrected chi connectivity index (χ3v) is 2.09. The average molecular weight is 218 g/mol. The fourth-order valence-corrected chi connectivity index (χ4v) is 1.34. The molecular formula is C10H9F3S. The van der Waals surface area contributed by atoms with E-state index in [1.54, 1.807) is 0 Å². The van der Waals surface area contributed by atoms with E-state index in [-0.39, 0.29) is 12.0 Å². The highest BCUT2D eigenvalue weighted by atomic mass is 32.1. The maximum Gasteiger partial charge on any atom is 0.132 e. The molecule has 1 rings (SSSR count). The van der Waals surface area contributed by atoms with Crippen molar-refractivity contribution in [1.82, 2.24) is 0 Å². The molecule has 0 nitrogen and oxygen atoms in total. The van der Waals surface area contributed by atoms with Crippen LogP contribution in [-0.4, -0.2) is 5.37 Å². The lowest BCUT2D eigenvalue weighted by Gasteiger charge is -2.03. The van der Waals surface area contributed by atoms with Gasteiger partial charge in [0.1, 0.15) is 17.5 Å². The predicted octanol–water partition coefficient (Wildman–Crippen LogP) is 3.43. The normalized spacial score (nSPS) is 10.2. The van der Waals surface area contributed by atoms with Gasteiger partial charge in [-0.05, 0) is 24.6 Å². The Morgan fingerprint density at radius 2 is 1.71 bits per heavy atom. The summed E-state index contributed by atoms with van der Waals surface area (Å²) in [5.74, 6) is -2.54. The molecule has 0 bridgehead atoms. The summed E-state index contributed by atoms with van der Waals surface area (Å²) >= 11 is 4.58. The van der Waals surface area contributed by atoms with Gasteiger partial charge in [0.15, 0.2) is 0 Å². The first kappa shape index (κ1) is 11.2. The van der Waals surface area contributed by atoms with E-state index in [4.69, 9.17) is 0 Å². The highest BCUT2D eigenvalue weighted by molar-refractivity contribution is 7.78. The Kier molecular flexibility index (Phi) is 4.07. The first-order valence-corrected chi connectivity index (χ1v) is 4.69. The fourth-order valence-electron chi connectivity index (χ4n) is 1.17. The minimum atomic E-state index is -0.890. The van der Waals surface area contributed by atoms with E-state index in [1.807, 2.05) is 0 Å². The molecule has 0 saturated carbocycles. The van der Waals surface area contributed by atoms with Crippen molar-refractivity contribution in [1.29, 1.82) is 0 Å². The molecule has 0 atom stereocenters. The van der Waals surface area contributed by atoms with Crippen molar-refractivity contribution in [3.63, 3.8) is 0 Å². The van der Waals surface area contributed by atoms with Gasteiger partial charge >= 0.3 is 0 Å². The summed E-state index contributed by atoms with van der Waals surface area (Å²) in [7, 11) is 0. The third kappa shape index (κ3) is 2.80. The van der Waals surface area contributed by atoms with Gasteiger partial charge in [-0.25, -0.2) is 13.2 Å². The molecule has 0 spiro atoms. The van der Waals surface area contributed by atoms with E-state index >= 15 is 0 Å². The van der Waals surface area contributed by atoms with Crippen LogP contribution in [0.5, 0.6) is 0 Å². The van der Waals surface area contributed by atoms with Gasteiger partial charge < -0.3 is 0 Å². The Labute approximate surface area is 85.7 Å². The third-order valence-electron chi connectivity index (χ3n) is 1.85. The molecule has 76 valence electrons. The SMILES string of the molecule is Fc1cc(F)c(CCCC=S)c(F)c1. The first-order valence-electron chi connectivity index (χ1n) is 4.22. The van der Waals surface area contributed by atoms with E-state index in [0.29, 0.717) is 25.0 Å². The summed E-state index contributed by atoms with van der Waals surface area (Å²) in [6, 6.07) is 1.38. The zero-order chi connectivity index (χ0) is 10.6. The van der Waals surface area contributed by atoms with Gasteiger partial charge in [0.2, 0.25) is 0 Å². The highest BCUT2D eigenvalue weighted by Gasteiger charge is 2.10. The minimum absolute atomic E-state index is 0.0664. The van der Waals surface area contributed by atoms with Crippen molar-refractivity contribution in [3.8, 4) is 0 Å². The van der Waals surface area contributed by atoms with Crippen LogP contribution in [0.3, 0.4) is 0 Å². The average Bonchev–Trinajstić information content (AvgIpc) is 2.09. The van der Waals surface area contributed by atoms with Gasteiger partial charge in [-0.1, -0.05) is 12.2 Å². The monoisotopic (exact) mass is 218 g/mol. The highest BCUT2D eigenvalue weighted by Crippen LogP contribution is 2.16. The van der Waals surface area contributed by atoms with E-state index in [9.17, 15) is 13.2 Å². The lowest BCUT2D eigenvalue weighted by atomic mass is 10.1. The van der Waals surface area contributed by atoms with E-state index in [1.165, 1.54) is 5.37 Å². The number of hydrogen-bond acceptors (Lipinski definition) is 1. The molecule has 4 heteroatoms. The second-order valence-electron chi connectivity index (χ2n) is 2.91. The van der Waals surface area contributed by atoms with Gasteiger partial charge in [-0.3, -0.25) is 0 Å². The van der Waals surface area contributed by atoms with Crippen molar-refractivity contribution < 1.29 is 13.2 Å². The number of halogens is 3. The lowest BCUT2D eigenvalue weighted by Crippen LogP contribution is -1.97. The number of unbranched alkanes of at least 4 members (excludes halogenated alkanes) is 1. The van der Waals surface area contributed by atoms with Gasteiger partial charge in [0, 0.05) is 17.7 Å². The predicted molar refractivity (Wildman–Crippen MR) is 52.9 cm³/mol. The quantitative estimate of drug-likeness (QED) is 0.551. The Balaban J connectivity index is 2.80. The van der Waals surface area contributed by atoms with E-state index in [0.717, 1.165) is 0 Å². The zero-order valence-electron chi connectivity index (χ0n) is 7.40. The van der Waals surface area contributed by atoms with E-state index < -0.39 is 17.5 Å². The first-order chi connectivity index (χ1) is 6.65. The Bertz CT molecular complexity index is 313. The van der Waals surface area contributed by atoms with Crippen LogP contribution in [0.1, 0.15) is 18.4 Å². The molecule has 0 aliphatic heterocycles. The number of rotatable bonds is 4. The zero-order valence-corrected chi connectivity index (χ0v) is 8.21. The lowest BCUT2D eigenvalue weighted by molar-refractivity contribution is 0.521. The Morgan fingerprint density at radius 3 is 2.21 bits per heavy atom. The molecule has 0 radical (unpaired) electrons. The molecule has 0 aliphatic rings. The number of benzene rings is 1. The van der Waals surface area contributed by atoms with Gasteiger partial charge in [0.25, 0.3) is 0 Å². The molecule has 0 aliphatic carbocycles. The van der Waals surface area contributed by atoms with Crippen LogP contribution in [0, 0.1) is 17.5 Å². The van der Waals surface area contributed by atoms with Crippen molar-refractivity contribution in [2.75, 3.05) is 0 Å². The maximum atomic E-state index is 13.0. The topological polar surface area (TPSA) is 0 Å². The molecule has 0 unspecified atom stereocenters. The molecule has 14 heavy (non-hydrogen) atoms. The number of hydrogen-bond donors (Lipinski definition) is 0. The van der Waals surface area contributed by atoms with Crippen molar-refractivity contribution >= 4 is 17.6 Å². The molecule has 0 fully saturated rings. The van der Waals surface area contributed by atoms with Crippen LogP contribution in [0.15, 0.2) is 12.1 Å². The molecule has 1 aromatic rings. The maximum absolute atomic E-state index is 13.0. The summed E-state index contributed by atoms with van der Waals surface area (Å²) in [6.07, 6.45) is 1.43. The van der Waals surface area contributed by atoms with Crippen LogP contribution in [-0.2, 0) is 6.42 Å².